The number of hydrogen-bond acceptors (Lipinski definition) is 6. The van der Waals surface area contributed by atoms with Gasteiger partial charge in [-0.25, -0.2) is 10.2 Å². The van der Waals surface area contributed by atoms with Gasteiger partial charge in [0.25, 0.3) is 0 Å². The first-order chi connectivity index (χ1) is 12.6. The highest BCUT2D eigenvalue weighted by Gasteiger charge is 2.42. The van der Waals surface area contributed by atoms with E-state index in [4.69, 9.17) is 21.1 Å². The fourth-order valence-corrected chi connectivity index (χ4v) is 4.44. The normalized spacial score (nSPS) is 35.0. The Morgan fingerprint density at radius 1 is 1.23 bits per heavy atom. The number of ether oxygens (including phenoxy) is 2. The lowest BCUT2D eigenvalue weighted by atomic mass is 9.79. The largest absolute Gasteiger partial charge is 0.443 e. The van der Waals surface area contributed by atoms with Gasteiger partial charge in [-0.2, -0.15) is 0 Å². The van der Waals surface area contributed by atoms with E-state index in [1.807, 2.05) is 6.07 Å². The van der Waals surface area contributed by atoms with E-state index in [-0.39, 0.29) is 24.9 Å². The lowest BCUT2D eigenvalue weighted by Crippen LogP contribution is -2.38. The predicted octanol–water partition coefficient (Wildman–Crippen LogP) is 2.46. The molecule has 1 saturated heterocycles. The van der Waals surface area contributed by atoms with Gasteiger partial charge in [0.15, 0.2) is 0 Å². The van der Waals surface area contributed by atoms with Gasteiger partial charge in [0.1, 0.15) is 6.61 Å². The van der Waals surface area contributed by atoms with Crippen LogP contribution in [0, 0.1) is 5.92 Å². The predicted molar refractivity (Wildman–Crippen MR) is 96.5 cm³/mol. The maximum Gasteiger partial charge on any atom is 0.407 e. The molecule has 0 radical (unpaired) electrons. The van der Waals surface area contributed by atoms with Crippen LogP contribution < -0.4 is 16.2 Å². The number of alkyl carbamates (subject to hydrolysis) is 1. The summed E-state index contributed by atoms with van der Waals surface area (Å²) in [5.74, 6) is 0.394. The quantitative estimate of drug-likeness (QED) is 0.641. The van der Waals surface area contributed by atoms with Crippen LogP contribution in [0.15, 0.2) is 12.1 Å². The number of carbonyl (C=O) groups is 1. The number of cyclic esters (lactones) is 1. The van der Waals surface area contributed by atoms with Gasteiger partial charge >= 0.3 is 6.09 Å². The van der Waals surface area contributed by atoms with Crippen LogP contribution in [0.2, 0.25) is 5.02 Å². The van der Waals surface area contributed by atoms with Gasteiger partial charge in [-0.3, -0.25) is 10.4 Å². The van der Waals surface area contributed by atoms with E-state index in [0.717, 1.165) is 31.4 Å². The molecule has 4 rings (SSSR count). The summed E-state index contributed by atoms with van der Waals surface area (Å²) >= 11 is 6.30. The van der Waals surface area contributed by atoms with Crippen molar-refractivity contribution in [1.29, 1.82) is 0 Å². The van der Waals surface area contributed by atoms with Gasteiger partial charge in [-0.15, -0.1) is 0 Å². The van der Waals surface area contributed by atoms with Crippen LogP contribution in [0.1, 0.15) is 50.0 Å². The summed E-state index contributed by atoms with van der Waals surface area (Å²) in [6.45, 7) is 2.69. The standard InChI is InChI=1S/C18H25ClN4O3/c1-10-4-5-20-18(24)25-9-12-6-11(19)7-16(21-12)17-14-8-13(26-10)2-3-15(14)22-23-17/h6-7,10,13-15,17,22-23H,2-5,8-9H2,1H3,(H,20,24)/t10-,13?,14?,15?,17?/m1/s1. The highest BCUT2D eigenvalue weighted by Crippen LogP contribution is 2.39. The van der Waals surface area contributed by atoms with Crippen LogP contribution in [0.3, 0.4) is 0 Å². The number of amides is 1. The van der Waals surface area contributed by atoms with Gasteiger partial charge < -0.3 is 14.8 Å². The average Bonchev–Trinajstić information content (AvgIpc) is 3.02. The van der Waals surface area contributed by atoms with E-state index >= 15 is 0 Å². The number of carbonyl (C=O) groups excluding carboxylic acids is 1. The van der Waals surface area contributed by atoms with Crippen molar-refractivity contribution in [1.82, 2.24) is 21.2 Å². The summed E-state index contributed by atoms with van der Waals surface area (Å²) < 4.78 is 11.5. The highest BCUT2D eigenvalue weighted by molar-refractivity contribution is 6.30. The molecular weight excluding hydrogens is 356 g/mol. The van der Waals surface area contributed by atoms with E-state index in [9.17, 15) is 4.79 Å². The summed E-state index contributed by atoms with van der Waals surface area (Å²) in [5, 5.41) is 3.36. The first kappa shape index (κ1) is 18.0. The molecule has 0 spiro atoms. The van der Waals surface area contributed by atoms with E-state index in [1.54, 1.807) is 6.07 Å². The number of nitrogens with zero attached hydrogens (tertiary/aromatic N) is 1. The molecule has 1 amide bonds. The fourth-order valence-electron chi connectivity index (χ4n) is 4.20. The number of nitrogens with one attached hydrogen (secondary N) is 3. The Morgan fingerprint density at radius 3 is 3.00 bits per heavy atom. The molecule has 4 bridgehead atoms. The Bertz CT molecular complexity index is 674. The molecule has 3 N–H and O–H groups in total. The minimum atomic E-state index is -0.449. The lowest BCUT2D eigenvalue weighted by Gasteiger charge is -2.34. The number of halogens is 1. The molecule has 2 fully saturated rings. The molecule has 0 aromatic carbocycles. The van der Waals surface area contributed by atoms with Crippen molar-refractivity contribution in [2.45, 2.75) is 63.5 Å². The fraction of sp³-hybridized carbons (Fsp3) is 0.667. The molecule has 3 heterocycles. The second-order valence-electron chi connectivity index (χ2n) is 7.41. The monoisotopic (exact) mass is 380 g/mol. The molecule has 8 heteroatoms. The van der Waals surface area contributed by atoms with Crippen LogP contribution in [0.5, 0.6) is 0 Å². The van der Waals surface area contributed by atoms with E-state index < -0.39 is 6.09 Å². The number of aromatic nitrogens is 1. The minimum Gasteiger partial charge on any atom is -0.443 e. The molecule has 142 valence electrons. The second-order valence-corrected chi connectivity index (χ2v) is 7.85. The van der Waals surface area contributed by atoms with Crippen LogP contribution in [0.25, 0.3) is 0 Å². The minimum absolute atomic E-state index is 0.0677. The first-order valence-corrected chi connectivity index (χ1v) is 9.70. The SMILES string of the molecule is C[C@@H]1CCNC(=O)OCc2cc(Cl)cc(n2)C2NNC3CCC(CC32)O1. The summed E-state index contributed by atoms with van der Waals surface area (Å²) in [7, 11) is 0. The molecule has 1 aliphatic carbocycles. The van der Waals surface area contributed by atoms with Gasteiger partial charge in [-0.05, 0) is 44.7 Å². The van der Waals surface area contributed by atoms with Crippen molar-refractivity contribution in [3.05, 3.63) is 28.5 Å². The van der Waals surface area contributed by atoms with Crippen LogP contribution in [-0.2, 0) is 16.1 Å². The molecule has 3 aliphatic rings. The van der Waals surface area contributed by atoms with E-state index in [1.165, 1.54) is 0 Å². The molecule has 1 aromatic heterocycles. The summed E-state index contributed by atoms with van der Waals surface area (Å²) in [6, 6.07) is 4.11. The number of fused-ring (bicyclic) bond motifs is 4. The maximum atomic E-state index is 11.9. The molecule has 26 heavy (non-hydrogen) atoms. The zero-order valence-corrected chi connectivity index (χ0v) is 15.6. The Hall–Kier alpha value is -1.41. The van der Waals surface area contributed by atoms with Crippen LogP contribution in [0.4, 0.5) is 4.79 Å². The third-order valence-electron chi connectivity index (χ3n) is 5.48. The first-order valence-electron chi connectivity index (χ1n) is 9.32. The van der Waals surface area contributed by atoms with Gasteiger partial charge in [0.2, 0.25) is 0 Å². The smallest absolute Gasteiger partial charge is 0.407 e. The van der Waals surface area contributed by atoms with Gasteiger partial charge in [0, 0.05) is 23.5 Å². The molecule has 5 atom stereocenters. The number of rotatable bonds is 0. The third kappa shape index (κ3) is 3.96. The molecule has 4 unspecified atom stereocenters. The number of hydrazine groups is 1. The van der Waals surface area contributed by atoms with Crippen molar-refractivity contribution >= 4 is 17.7 Å². The lowest BCUT2D eigenvalue weighted by molar-refractivity contribution is -0.0381. The topological polar surface area (TPSA) is 84.5 Å². The third-order valence-corrected chi connectivity index (χ3v) is 5.70. The maximum absolute atomic E-state index is 11.9. The van der Waals surface area contributed by atoms with Crippen molar-refractivity contribution in [3.8, 4) is 0 Å². The summed E-state index contributed by atoms with van der Waals surface area (Å²) in [5.41, 5.74) is 8.33. The Labute approximate surface area is 158 Å². The molecular formula is C18H25ClN4O3. The average molecular weight is 381 g/mol. The summed E-state index contributed by atoms with van der Waals surface area (Å²) in [4.78, 5) is 16.5. The van der Waals surface area contributed by atoms with Crippen LogP contribution in [-0.4, -0.2) is 35.9 Å². The van der Waals surface area contributed by atoms with Crippen molar-refractivity contribution < 1.29 is 14.3 Å². The van der Waals surface area contributed by atoms with Crippen molar-refractivity contribution in [2.75, 3.05) is 6.54 Å². The second kappa shape index (κ2) is 7.68. The Morgan fingerprint density at radius 2 is 2.12 bits per heavy atom. The number of pyridine rings is 1. The Balaban J connectivity index is 1.62. The zero-order valence-electron chi connectivity index (χ0n) is 14.8. The van der Waals surface area contributed by atoms with Gasteiger partial charge in [-0.1, -0.05) is 11.6 Å². The molecule has 1 aromatic rings. The molecule has 7 nitrogen and oxygen atoms in total. The van der Waals surface area contributed by atoms with Crippen molar-refractivity contribution in [3.63, 3.8) is 0 Å². The number of hydrogen-bond donors (Lipinski definition) is 3. The zero-order chi connectivity index (χ0) is 18.1. The molecule has 2 aliphatic heterocycles. The van der Waals surface area contributed by atoms with Gasteiger partial charge in [0.05, 0.1) is 29.6 Å². The molecule has 1 saturated carbocycles. The van der Waals surface area contributed by atoms with E-state index in [2.05, 4.69) is 28.1 Å². The van der Waals surface area contributed by atoms with E-state index in [0.29, 0.717) is 29.2 Å². The highest BCUT2D eigenvalue weighted by atomic mass is 35.5. The van der Waals surface area contributed by atoms with Crippen LogP contribution >= 0.6 is 11.6 Å². The summed E-state index contributed by atoms with van der Waals surface area (Å²) in [6.07, 6.45) is 3.72. The Kier molecular flexibility index (Phi) is 5.31. The van der Waals surface area contributed by atoms with Crippen molar-refractivity contribution in [2.24, 2.45) is 5.92 Å².